The zero-order chi connectivity index (χ0) is 14.4. The van der Waals surface area contributed by atoms with E-state index in [-0.39, 0.29) is 12.6 Å². The Kier molecular flexibility index (Phi) is 2.68. The maximum absolute atomic E-state index is 10.9. The minimum Gasteiger partial charge on any atom is -0.456 e. The smallest absolute Gasteiger partial charge is 0.303 e. The second kappa shape index (κ2) is 4.56. The molecule has 2 heterocycles. The van der Waals surface area contributed by atoms with E-state index in [1.807, 2.05) is 18.2 Å². The van der Waals surface area contributed by atoms with E-state index in [1.165, 1.54) is 12.3 Å². The van der Waals surface area contributed by atoms with Crippen molar-refractivity contribution in [2.75, 3.05) is 0 Å². The molecule has 2 aromatic carbocycles. The third-order valence-electron chi connectivity index (χ3n) is 3.64. The molecular formula is C16H13NO4. The zero-order valence-corrected chi connectivity index (χ0v) is 11.5. The van der Waals surface area contributed by atoms with Crippen LogP contribution >= 0.6 is 0 Å². The summed E-state index contributed by atoms with van der Waals surface area (Å²) in [5.41, 5.74) is 3.78. The first-order valence-electron chi connectivity index (χ1n) is 6.76. The summed E-state index contributed by atoms with van der Waals surface area (Å²) in [6.07, 6.45) is 0. The molecule has 5 nitrogen and oxygen atoms in total. The quantitative estimate of drug-likeness (QED) is 0.676. The van der Waals surface area contributed by atoms with Gasteiger partial charge in [-0.05, 0) is 22.6 Å². The highest BCUT2D eigenvalue weighted by Crippen LogP contribution is 2.34. The summed E-state index contributed by atoms with van der Waals surface area (Å²) in [4.78, 5) is 15.3. The molecule has 0 saturated heterocycles. The van der Waals surface area contributed by atoms with E-state index in [1.54, 1.807) is 0 Å². The summed E-state index contributed by atoms with van der Waals surface area (Å²) in [7, 11) is 0. The number of oxazole rings is 1. The Labute approximate surface area is 120 Å². The van der Waals surface area contributed by atoms with E-state index in [2.05, 4.69) is 11.1 Å². The van der Waals surface area contributed by atoms with Crippen LogP contribution in [0.2, 0.25) is 0 Å². The molecule has 21 heavy (non-hydrogen) atoms. The largest absolute Gasteiger partial charge is 0.456 e. The molecular weight excluding hydrogens is 270 g/mol. The Bertz CT molecular complexity index is 865. The number of fused-ring (bicyclic) bond motifs is 2. The molecule has 0 bridgehead atoms. The Hall–Kier alpha value is -2.40. The number of esters is 1. The van der Waals surface area contributed by atoms with Crippen LogP contribution in [0.25, 0.3) is 21.9 Å². The Morgan fingerprint density at radius 3 is 3.05 bits per heavy atom. The van der Waals surface area contributed by atoms with Gasteiger partial charge in [-0.3, -0.25) is 4.79 Å². The molecule has 1 aromatic heterocycles. The fourth-order valence-corrected chi connectivity index (χ4v) is 2.80. The lowest BCUT2D eigenvalue weighted by atomic mass is 9.97. The van der Waals surface area contributed by atoms with Crippen LogP contribution in [0, 0.1) is 0 Å². The van der Waals surface area contributed by atoms with Gasteiger partial charge in [0.2, 0.25) is 5.89 Å². The van der Waals surface area contributed by atoms with Crippen molar-refractivity contribution in [3.05, 3.63) is 41.3 Å². The molecule has 1 aliphatic heterocycles. The van der Waals surface area contributed by atoms with Gasteiger partial charge in [0.25, 0.3) is 0 Å². The summed E-state index contributed by atoms with van der Waals surface area (Å²) in [5, 5.41) is 2.22. The molecule has 0 spiro atoms. The Morgan fingerprint density at radius 2 is 2.19 bits per heavy atom. The molecule has 5 heteroatoms. The van der Waals surface area contributed by atoms with Crippen LogP contribution in [0.3, 0.4) is 0 Å². The summed E-state index contributed by atoms with van der Waals surface area (Å²) < 4.78 is 16.3. The average Bonchev–Trinajstić information content (AvgIpc) is 2.89. The number of benzene rings is 2. The van der Waals surface area contributed by atoms with Crippen LogP contribution < -0.4 is 0 Å². The van der Waals surface area contributed by atoms with Crippen molar-refractivity contribution in [3.63, 3.8) is 0 Å². The van der Waals surface area contributed by atoms with Crippen molar-refractivity contribution < 1.29 is 18.7 Å². The molecule has 106 valence electrons. The molecule has 1 aliphatic rings. The van der Waals surface area contributed by atoms with Crippen molar-refractivity contribution in [2.24, 2.45) is 0 Å². The number of carbonyl (C=O) groups is 1. The van der Waals surface area contributed by atoms with E-state index >= 15 is 0 Å². The van der Waals surface area contributed by atoms with Gasteiger partial charge in [0.15, 0.2) is 12.2 Å². The fourth-order valence-electron chi connectivity index (χ4n) is 2.80. The molecule has 0 aliphatic carbocycles. The van der Waals surface area contributed by atoms with Gasteiger partial charge in [-0.2, -0.15) is 0 Å². The predicted octanol–water partition coefficient (Wildman–Crippen LogP) is 3.07. The predicted molar refractivity (Wildman–Crippen MR) is 75.5 cm³/mol. The van der Waals surface area contributed by atoms with Crippen molar-refractivity contribution in [3.8, 4) is 0 Å². The van der Waals surface area contributed by atoms with Gasteiger partial charge in [0.1, 0.15) is 5.52 Å². The maximum Gasteiger partial charge on any atom is 0.303 e. The second-order valence-corrected chi connectivity index (χ2v) is 5.10. The van der Waals surface area contributed by atoms with Crippen LogP contribution in [0.5, 0.6) is 0 Å². The highest BCUT2D eigenvalue weighted by molar-refractivity contribution is 6.06. The van der Waals surface area contributed by atoms with Crippen molar-refractivity contribution in [1.29, 1.82) is 0 Å². The van der Waals surface area contributed by atoms with Gasteiger partial charge >= 0.3 is 5.97 Å². The first-order valence-corrected chi connectivity index (χ1v) is 6.76. The third kappa shape index (κ3) is 1.97. The van der Waals surface area contributed by atoms with Gasteiger partial charge in [0.05, 0.1) is 13.2 Å². The molecule has 0 saturated carbocycles. The molecule has 0 N–H and O–H groups in total. The third-order valence-corrected chi connectivity index (χ3v) is 3.64. The lowest BCUT2D eigenvalue weighted by Crippen LogP contribution is -2.03. The van der Waals surface area contributed by atoms with Crippen LogP contribution in [0.1, 0.15) is 23.9 Å². The molecule has 3 aromatic rings. The van der Waals surface area contributed by atoms with Crippen molar-refractivity contribution >= 4 is 27.8 Å². The van der Waals surface area contributed by atoms with Crippen molar-refractivity contribution in [2.45, 2.75) is 26.7 Å². The lowest BCUT2D eigenvalue weighted by Gasteiger charge is -2.17. The molecule has 0 unspecified atom stereocenters. The number of ether oxygens (including phenoxy) is 2. The number of carbonyl (C=O) groups excluding carboxylic acids is 1. The molecule has 0 radical (unpaired) electrons. The minimum atomic E-state index is -0.351. The zero-order valence-electron chi connectivity index (χ0n) is 11.5. The van der Waals surface area contributed by atoms with Gasteiger partial charge in [-0.1, -0.05) is 18.2 Å². The van der Waals surface area contributed by atoms with Crippen molar-refractivity contribution in [1.82, 2.24) is 4.98 Å². The topological polar surface area (TPSA) is 61.6 Å². The summed E-state index contributed by atoms with van der Waals surface area (Å²) in [6, 6.07) is 8.06. The Morgan fingerprint density at radius 1 is 1.33 bits per heavy atom. The normalized spacial score (nSPS) is 13.8. The number of nitrogens with zero attached hydrogens (tertiary/aromatic N) is 1. The minimum absolute atomic E-state index is 0.0526. The molecule has 4 rings (SSSR count). The molecule has 0 amide bonds. The van der Waals surface area contributed by atoms with E-state index in [0.29, 0.717) is 19.1 Å². The standard InChI is InChI=1S/C16H13NO4/c1-9(18)20-8-14-17-13-5-11-7-19-6-10-3-2-4-12(15(10)11)16(13)21-14/h2-5H,6-8H2,1H3. The first-order chi connectivity index (χ1) is 10.2. The van der Waals surface area contributed by atoms with E-state index in [9.17, 15) is 4.79 Å². The monoisotopic (exact) mass is 283 g/mol. The average molecular weight is 283 g/mol. The summed E-state index contributed by atoms with van der Waals surface area (Å²) in [6.45, 7) is 2.61. The van der Waals surface area contributed by atoms with Crippen LogP contribution in [0.4, 0.5) is 0 Å². The number of hydrogen-bond acceptors (Lipinski definition) is 5. The number of hydrogen-bond donors (Lipinski definition) is 0. The van der Waals surface area contributed by atoms with E-state index in [4.69, 9.17) is 13.9 Å². The summed E-state index contributed by atoms with van der Waals surface area (Å²) >= 11 is 0. The van der Waals surface area contributed by atoms with Gasteiger partial charge in [-0.25, -0.2) is 4.98 Å². The maximum atomic E-state index is 10.9. The second-order valence-electron chi connectivity index (χ2n) is 5.10. The van der Waals surface area contributed by atoms with E-state index in [0.717, 1.165) is 27.6 Å². The Balaban J connectivity index is 1.93. The van der Waals surface area contributed by atoms with Gasteiger partial charge in [-0.15, -0.1) is 0 Å². The SMILES string of the molecule is CC(=O)OCc1nc2cc3c4c(cccc4c2o1)COC3. The highest BCUT2D eigenvalue weighted by Gasteiger charge is 2.18. The number of rotatable bonds is 2. The highest BCUT2D eigenvalue weighted by atomic mass is 16.5. The molecule has 0 atom stereocenters. The summed E-state index contributed by atoms with van der Waals surface area (Å²) in [5.74, 6) is 0.0561. The van der Waals surface area contributed by atoms with Crippen LogP contribution in [-0.4, -0.2) is 11.0 Å². The molecule has 0 fully saturated rings. The van der Waals surface area contributed by atoms with Gasteiger partial charge in [0, 0.05) is 12.3 Å². The first kappa shape index (κ1) is 12.3. The van der Waals surface area contributed by atoms with Crippen LogP contribution in [0.15, 0.2) is 28.7 Å². The lowest BCUT2D eigenvalue weighted by molar-refractivity contribution is -0.142. The van der Waals surface area contributed by atoms with Crippen LogP contribution in [-0.2, 0) is 34.1 Å². The number of aromatic nitrogens is 1. The van der Waals surface area contributed by atoms with E-state index < -0.39 is 0 Å². The fraction of sp³-hybridized carbons (Fsp3) is 0.250. The van der Waals surface area contributed by atoms with Gasteiger partial charge < -0.3 is 13.9 Å².